The molecule has 3 aromatic heterocycles. The van der Waals surface area contributed by atoms with E-state index >= 15 is 0 Å². The van der Waals surface area contributed by atoms with Crippen LogP contribution in [0.3, 0.4) is 0 Å². The minimum Gasteiger partial charge on any atom is -0.368 e. The van der Waals surface area contributed by atoms with Crippen LogP contribution in [0.5, 0.6) is 0 Å². The topological polar surface area (TPSA) is 80.9 Å². The molecule has 0 radical (unpaired) electrons. The quantitative estimate of drug-likeness (QED) is 0.645. The maximum absolute atomic E-state index is 4.81. The Morgan fingerprint density at radius 1 is 1.23 bits per heavy atom. The Labute approximate surface area is 182 Å². The zero-order valence-corrected chi connectivity index (χ0v) is 18.1. The van der Waals surface area contributed by atoms with Gasteiger partial charge in [0.05, 0.1) is 12.4 Å². The highest BCUT2D eigenvalue weighted by Gasteiger charge is 2.31. The van der Waals surface area contributed by atoms with E-state index in [0.717, 1.165) is 35.5 Å². The lowest BCUT2D eigenvalue weighted by Gasteiger charge is -2.22. The minimum atomic E-state index is 0.260. The second-order valence-corrected chi connectivity index (χ2v) is 8.57. The SMILES string of the molecule is CC1=CC2C(CCNc3nc(-c4cccnc4)nc4c3ncn4C(C)C)C=NC2C=C1. The molecule has 3 aromatic rings. The number of hydrogen-bond acceptors (Lipinski definition) is 6. The summed E-state index contributed by atoms with van der Waals surface area (Å²) < 4.78 is 2.08. The second-order valence-electron chi connectivity index (χ2n) is 8.57. The van der Waals surface area contributed by atoms with Gasteiger partial charge in [-0.25, -0.2) is 15.0 Å². The lowest BCUT2D eigenvalue weighted by Crippen LogP contribution is -2.22. The lowest BCUT2D eigenvalue weighted by atomic mass is 9.83. The van der Waals surface area contributed by atoms with Gasteiger partial charge in [0, 0.05) is 48.6 Å². The highest BCUT2D eigenvalue weighted by Crippen LogP contribution is 2.33. The van der Waals surface area contributed by atoms with Gasteiger partial charge in [0.2, 0.25) is 0 Å². The van der Waals surface area contributed by atoms with E-state index < -0.39 is 0 Å². The number of rotatable bonds is 6. The van der Waals surface area contributed by atoms with Crippen molar-refractivity contribution in [2.24, 2.45) is 16.8 Å². The van der Waals surface area contributed by atoms with Crippen LogP contribution < -0.4 is 5.32 Å². The lowest BCUT2D eigenvalue weighted by molar-refractivity contribution is 0.480. The number of fused-ring (bicyclic) bond motifs is 2. The Balaban J connectivity index is 1.40. The van der Waals surface area contributed by atoms with E-state index in [1.54, 1.807) is 12.4 Å². The molecule has 1 aliphatic heterocycles. The summed E-state index contributed by atoms with van der Waals surface area (Å²) >= 11 is 0. The number of nitrogens with zero attached hydrogens (tertiary/aromatic N) is 6. The van der Waals surface area contributed by atoms with Crippen LogP contribution in [0.2, 0.25) is 0 Å². The third kappa shape index (κ3) is 3.76. The Hall–Kier alpha value is -3.35. The van der Waals surface area contributed by atoms with Gasteiger partial charge in [-0.15, -0.1) is 0 Å². The van der Waals surface area contributed by atoms with E-state index in [9.17, 15) is 0 Å². The van der Waals surface area contributed by atoms with Gasteiger partial charge in [0.15, 0.2) is 17.3 Å². The van der Waals surface area contributed by atoms with Crippen molar-refractivity contribution in [3.05, 3.63) is 54.7 Å². The highest BCUT2D eigenvalue weighted by molar-refractivity contribution is 5.85. The molecule has 31 heavy (non-hydrogen) atoms. The molecule has 0 spiro atoms. The number of anilines is 1. The molecule has 158 valence electrons. The summed E-state index contributed by atoms with van der Waals surface area (Å²) in [5, 5.41) is 3.54. The van der Waals surface area contributed by atoms with Gasteiger partial charge >= 0.3 is 0 Å². The summed E-state index contributed by atoms with van der Waals surface area (Å²) in [4.78, 5) is 23.1. The average Bonchev–Trinajstić information content (AvgIpc) is 3.38. The highest BCUT2D eigenvalue weighted by atomic mass is 15.2. The number of pyridine rings is 1. The van der Waals surface area contributed by atoms with Crippen LogP contribution in [0.15, 0.2) is 59.6 Å². The number of hydrogen-bond donors (Lipinski definition) is 1. The van der Waals surface area contributed by atoms with Crippen LogP contribution in [-0.4, -0.2) is 43.3 Å². The van der Waals surface area contributed by atoms with E-state index in [4.69, 9.17) is 15.0 Å². The van der Waals surface area contributed by atoms with E-state index in [2.05, 4.69) is 65.1 Å². The Morgan fingerprint density at radius 3 is 2.94 bits per heavy atom. The van der Waals surface area contributed by atoms with Gasteiger partial charge in [-0.05, 0) is 39.3 Å². The summed E-state index contributed by atoms with van der Waals surface area (Å²) in [6.45, 7) is 7.21. The predicted octanol–water partition coefficient (Wildman–Crippen LogP) is 4.47. The maximum atomic E-state index is 4.81. The fourth-order valence-electron chi connectivity index (χ4n) is 4.34. The monoisotopic (exact) mass is 413 g/mol. The summed E-state index contributed by atoms with van der Waals surface area (Å²) in [6.07, 6.45) is 15.3. The second kappa shape index (κ2) is 8.06. The van der Waals surface area contributed by atoms with Gasteiger partial charge in [0.25, 0.3) is 0 Å². The van der Waals surface area contributed by atoms with Crippen molar-refractivity contribution in [2.75, 3.05) is 11.9 Å². The van der Waals surface area contributed by atoms with Crippen LogP contribution in [-0.2, 0) is 0 Å². The van der Waals surface area contributed by atoms with E-state index in [0.29, 0.717) is 23.7 Å². The van der Waals surface area contributed by atoms with Crippen LogP contribution in [0.1, 0.15) is 33.2 Å². The molecule has 2 aliphatic rings. The fraction of sp³-hybridized carbons (Fsp3) is 0.375. The molecule has 0 fully saturated rings. The minimum absolute atomic E-state index is 0.260. The molecule has 5 rings (SSSR count). The molecular formula is C24H27N7. The Kier molecular flexibility index (Phi) is 5.10. The van der Waals surface area contributed by atoms with Crippen molar-refractivity contribution < 1.29 is 0 Å². The molecule has 3 atom stereocenters. The predicted molar refractivity (Wildman–Crippen MR) is 124 cm³/mol. The van der Waals surface area contributed by atoms with E-state index in [-0.39, 0.29) is 6.04 Å². The first-order chi connectivity index (χ1) is 15.1. The summed E-state index contributed by atoms with van der Waals surface area (Å²) in [5.74, 6) is 2.32. The molecule has 1 aliphatic carbocycles. The molecule has 0 bridgehead atoms. The third-order valence-corrected chi connectivity index (χ3v) is 6.02. The largest absolute Gasteiger partial charge is 0.368 e. The van der Waals surface area contributed by atoms with Gasteiger partial charge in [-0.3, -0.25) is 9.98 Å². The summed E-state index contributed by atoms with van der Waals surface area (Å²) in [6, 6.07) is 4.43. The maximum Gasteiger partial charge on any atom is 0.166 e. The van der Waals surface area contributed by atoms with Crippen molar-refractivity contribution in [3.8, 4) is 11.4 Å². The molecule has 4 heterocycles. The van der Waals surface area contributed by atoms with Crippen molar-refractivity contribution in [3.63, 3.8) is 0 Å². The van der Waals surface area contributed by atoms with Crippen LogP contribution in [0.25, 0.3) is 22.6 Å². The van der Waals surface area contributed by atoms with E-state index in [1.165, 1.54) is 5.57 Å². The number of allylic oxidation sites excluding steroid dienone is 2. The first-order valence-electron chi connectivity index (χ1n) is 10.9. The smallest absolute Gasteiger partial charge is 0.166 e. The van der Waals surface area contributed by atoms with Gasteiger partial charge < -0.3 is 9.88 Å². The van der Waals surface area contributed by atoms with E-state index in [1.807, 2.05) is 18.5 Å². The zero-order valence-electron chi connectivity index (χ0n) is 18.1. The van der Waals surface area contributed by atoms with Gasteiger partial charge in [-0.2, -0.15) is 0 Å². The van der Waals surface area contributed by atoms with Crippen molar-refractivity contribution in [1.82, 2.24) is 24.5 Å². The third-order valence-electron chi connectivity index (χ3n) is 6.02. The summed E-state index contributed by atoms with van der Waals surface area (Å²) in [5.41, 5.74) is 3.85. The van der Waals surface area contributed by atoms with Crippen LogP contribution >= 0.6 is 0 Å². The number of aromatic nitrogens is 5. The van der Waals surface area contributed by atoms with Gasteiger partial charge in [0.1, 0.15) is 5.52 Å². The number of aliphatic imine (C=N–C) groups is 1. The van der Waals surface area contributed by atoms with Gasteiger partial charge in [-0.1, -0.05) is 23.8 Å². The Morgan fingerprint density at radius 2 is 2.13 bits per heavy atom. The molecule has 7 heteroatoms. The molecule has 0 aromatic carbocycles. The normalized spacial score (nSPS) is 22.2. The molecule has 1 N–H and O–H groups in total. The first kappa shape index (κ1) is 19.6. The number of imidazole rings is 1. The van der Waals surface area contributed by atoms with Crippen molar-refractivity contribution >= 4 is 23.2 Å². The molecule has 0 amide bonds. The van der Waals surface area contributed by atoms with Crippen molar-refractivity contribution in [1.29, 1.82) is 0 Å². The van der Waals surface area contributed by atoms with Crippen LogP contribution in [0.4, 0.5) is 5.82 Å². The number of nitrogens with one attached hydrogen (secondary N) is 1. The summed E-state index contributed by atoms with van der Waals surface area (Å²) in [7, 11) is 0. The van der Waals surface area contributed by atoms with Crippen molar-refractivity contribution in [2.45, 2.75) is 39.3 Å². The molecule has 3 unspecified atom stereocenters. The molecule has 0 saturated heterocycles. The molecule has 7 nitrogen and oxygen atoms in total. The fourth-order valence-corrected chi connectivity index (χ4v) is 4.34. The molecular weight excluding hydrogens is 386 g/mol. The first-order valence-corrected chi connectivity index (χ1v) is 10.9. The average molecular weight is 414 g/mol. The Bertz CT molecular complexity index is 1170. The standard InChI is InChI=1S/C24H27N7/c1-15(2)31-14-28-21-23(29-22(30-24(21)31)18-5-4-9-25-12-18)26-10-8-17-13-27-20-7-6-16(3)11-19(17)20/h4-7,9,11-15,17,19-20H,8,10H2,1-3H3,(H,26,29,30). The van der Waals surface area contributed by atoms with Crippen LogP contribution in [0, 0.1) is 11.8 Å². The molecule has 0 saturated carbocycles. The zero-order chi connectivity index (χ0) is 21.4.